The lowest BCUT2D eigenvalue weighted by molar-refractivity contribution is -0.176. The lowest BCUT2D eigenvalue weighted by Crippen LogP contribution is -2.46. The zero-order valence-corrected chi connectivity index (χ0v) is 26.9. The highest BCUT2D eigenvalue weighted by Crippen LogP contribution is 2.59. The van der Waals surface area contributed by atoms with Crippen molar-refractivity contribution in [1.82, 2.24) is 0 Å². The van der Waals surface area contributed by atoms with Crippen LogP contribution in [0.4, 0.5) is 8.78 Å². The molecular formula is C24H21F2I2O13S-. The second kappa shape index (κ2) is 11.4. The molecule has 0 N–H and O–H groups in total. The summed E-state index contributed by atoms with van der Waals surface area (Å²) in [4.78, 5) is 63.5. The van der Waals surface area contributed by atoms with Crippen molar-refractivity contribution in [3.8, 4) is 5.75 Å². The van der Waals surface area contributed by atoms with E-state index in [2.05, 4.69) is 4.74 Å². The van der Waals surface area contributed by atoms with Gasteiger partial charge in [0, 0.05) is 15.4 Å². The molecule has 1 saturated heterocycles. The third kappa shape index (κ3) is 6.35. The van der Waals surface area contributed by atoms with Crippen molar-refractivity contribution in [3.63, 3.8) is 0 Å². The van der Waals surface area contributed by atoms with Crippen molar-refractivity contribution in [1.29, 1.82) is 0 Å². The first-order valence-electron chi connectivity index (χ1n) is 12.1. The first-order valence-corrected chi connectivity index (χ1v) is 15.6. The maximum atomic E-state index is 13.5. The lowest BCUT2D eigenvalue weighted by atomic mass is 9.78. The first-order chi connectivity index (χ1) is 19.2. The van der Waals surface area contributed by atoms with E-state index in [0.29, 0.717) is 9.99 Å². The summed E-state index contributed by atoms with van der Waals surface area (Å²) in [5.41, 5.74) is -1.50. The smallest absolute Gasteiger partial charge is 0.422 e. The Morgan fingerprint density at radius 1 is 1.10 bits per heavy atom. The first kappa shape index (κ1) is 32.7. The Morgan fingerprint density at radius 2 is 1.74 bits per heavy atom. The average molecular weight is 841 g/mol. The minimum atomic E-state index is -6.15. The van der Waals surface area contributed by atoms with Crippen molar-refractivity contribution in [2.24, 2.45) is 23.7 Å². The number of esters is 5. The number of hydrogen-bond donors (Lipinski definition) is 0. The molecule has 0 radical (unpaired) electrons. The van der Waals surface area contributed by atoms with Gasteiger partial charge in [0.15, 0.2) is 22.5 Å². The summed E-state index contributed by atoms with van der Waals surface area (Å²) < 4.78 is 85.0. The Morgan fingerprint density at radius 3 is 2.33 bits per heavy atom. The number of fused-ring (bicyclic) bond motifs is 1. The van der Waals surface area contributed by atoms with Gasteiger partial charge in [-0.1, -0.05) is 0 Å². The van der Waals surface area contributed by atoms with Crippen LogP contribution in [0.3, 0.4) is 0 Å². The number of hydrogen-bond acceptors (Lipinski definition) is 13. The number of carbonyl (C=O) groups excluding carboxylic acids is 5. The maximum absolute atomic E-state index is 13.5. The minimum Gasteiger partial charge on any atom is -0.743 e. The highest BCUT2D eigenvalue weighted by atomic mass is 127. The molecule has 13 nitrogen and oxygen atoms in total. The van der Waals surface area contributed by atoms with Gasteiger partial charge >= 0.3 is 35.1 Å². The fourth-order valence-corrected chi connectivity index (χ4v) is 7.42. The topological polar surface area (TPSA) is 189 Å². The summed E-state index contributed by atoms with van der Waals surface area (Å²) in [7, 11) is -6.15. The summed E-state index contributed by atoms with van der Waals surface area (Å²) in [6, 6.07) is 2.43. The molecule has 2 saturated carbocycles. The van der Waals surface area contributed by atoms with E-state index >= 15 is 0 Å². The highest BCUT2D eigenvalue weighted by molar-refractivity contribution is 14.1. The third-order valence-electron chi connectivity index (χ3n) is 6.79. The molecule has 6 atom stereocenters. The normalized spacial score (nSPS) is 26.4. The van der Waals surface area contributed by atoms with E-state index in [1.807, 2.05) is 0 Å². The van der Waals surface area contributed by atoms with E-state index in [1.54, 1.807) is 66.0 Å². The molecule has 4 rings (SSSR count). The van der Waals surface area contributed by atoms with Gasteiger partial charge in [0.1, 0.15) is 23.4 Å². The summed E-state index contributed by atoms with van der Waals surface area (Å²) in [6.07, 6.45) is -1.77. The van der Waals surface area contributed by atoms with Crippen molar-refractivity contribution < 1.29 is 69.4 Å². The molecule has 1 aliphatic heterocycles. The summed E-state index contributed by atoms with van der Waals surface area (Å²) >= 11 is 3.35. The number of benzene rings is 1. The molecule has 2 aliphatic carbocycles. The van der Waals surface area contributed by atoms with Gasteiger partial charge in [-0.25, -0.2) is 22.8 Å². The van der Waals surface area contributed by atoms with Crippen LogP contribution in [0.5, 0.6) is 5.75 Å². The van der Waals surface area contributed by atoms with E-state index in [4.69, 9.17) is 18.9 Å². The van der Waals surface area contributed by atoms with Crippen LogP contribution in [0, 0.1) is 30.8 Å². The standard InChI is InChI=1S/C24H22F2I2O13S/c1-23(2,3)41-20(31)14-10-6-9-13(14)19(30)39-16(9)17(10)40-22(33)21(32)38-15-11(4-8(27)5-12(15)28)18(29)37-7-24(25,26)42(34,35)36/h4-5,9-10,13-14,16-17H,6-7H2,1-3H3,(H,34,35,36)/p-1. The number of rotatable bonds is 7. The number of ether oxygens (including phenoxy) is 5. The summed E-state index contributed by atoms with van der Waals surface area (Å²) in [5, 5.41) is -4.93. The predicted molar refractivity (Wildman–Crippen MR) is 147 cm³/mol. The predicted octanol–water partition coefficient (Wildman–Crippen LogP) is 2.16. The van der Waals surface area contributed by atoms with E-state index in [1.165, 1.54) is 6.07 Å². The number of carbonyl (C=O) groups is 5. The molecule has 0 amide bonds. The van der Waals surface area contributed by atoms with E-state index in [0.717, 1.165) is 6.07 Å². The van der Waals surface area contributed by atoms with Crippen LogP contribution in [-0.2, 0) is 48.2 Å². The molecular weight excluding hydrogens is 820 g/mol. The Labute approximate surface area is 264 Å². The highest BCUT2D eigenvalue weighted by Gasteiger charge is 2.70. The Bertz CT molecular complexity index is 1470. The zero-order valence-electron chi connectivity index (χ0n) is 21.8. The van der Waals surface area contributed by atoms with Gasteiger partial charge in [0.05, 0.1) is 15.4 Å². The average Bonchev–Trinajstić information content (AvgIpc) is 3.46. The molecule has 3 fully saturated rings. The van der Waals surface area contributed by atoms with Crippen LogP contribution in [-0.4, -0.2) is 72.5 Å². The molecule has 42 heavy (non-hydrogen) atoms. The zero-order chi connectivity index (χ0) is 31.5. The third-order valence-corrected chi connectivity index (χ3v) is 9.07. The van der Waals surface area contributed by atoms with Gasteiger partial charge in [-0.15, -0.1) is 0 Å². The van der Waals surface area contributed by atoms with Crippen molar-refractivity contribution in [3.05, 3.63) is 24.8 Å². The molecule has 1 heterocycles. The molecule has 0 spiro atoms. The van der Waals surface area contributed by atoms with Crippen molar-refractivity contribution in [2.75, 3.05) is 6.61 Å². The van der Waals surface area contributed by atoms with Gasteiger partial charge < -0.3 is 28.2 Å². The van der Waals surface area contributed by atoms with Crippen LogP contribution < -0.4 is 4.74 Å². The van der Waals surface area contributed by atoms with Gasteiger partial charge in [-0.3, -0.25) is 9.59 Å². The van der Waals surface area contributed by atoms with Crippen molar-refractivity contribution in [2.45, 2.75) is 50.3 Å². The Hall–Kier alpha value is -2.20. The van der Waals surface area contributed by atoms with E-state index < -0.39 is 105 Å². The molecule has 230 valence electrons. The molecule has 6 unspecified atom stereocenters. The molecule has 3 aliphatic rings. The largest absolute Gasteiger partial charge is 0.743 e. The quantitative estimate of drug-likeness (QED) is 0.0972. The molecule has 0 aromatic heterocycles. The molecule has 1 aromatic rings. The minimum absolute atomic E-state index is 0.0493. The summed E-state index contributed by atoms with van der Waals surface area (Å²) in [5.74, 6) is -9.57. The maximum Gasteiger partial charge on any atom is 0.422 e. The van der Waals surface area contributed by atoms with Gasteiger partial charge in [-0.2, -0.15) is 8.78 Å². The van der Waals surface area contributed by atoms with Crippen LogP contribution in [0.15, 0.2) is 12.1 Å². The second-order valence-corrected chi connectivity index (χ2v) is 14.7. The summed E-state index contributed by atoms with van der Waals surface area (Å²) in [6.45, 7) is 2.83. The number of halogens is 4. The SMILES string of the molecule is CC(C)(C)OC(=O)C1C2CC3C(OC(=O)C31)C2OC(=O)C(=O)Oc1c(I)cc(I)cc1C(=O)OCC(F)(F)S(=O)(=O)[O-]. The Balaban J connectivity index is 1.50. The van der Waals surface area contributed by atoms with Gasteiger partial charge in [0.2, 0.25) is 0 Å². The van der Waals surface area contributed by atoms with E-state index in [9.17, 15) is 45.7 Å². The van der Waals surface area contributed by atoms with Crippen LogP contribution >= 0.6 is 45.2 Å². The fraction of sp³-hybridized carbons (Fsp3) is 0.542. The molecule has 2 bridgehead atoms. The van der Waals surface area contributed by atoms with E-state index in [-0.39, 0.29) is 3.57 Å². The molecule has 1 aromatic carbocycles. The number of alkyl halides is 2. The fourth-order valence-electron chi connectivity index (χ4n) is 5.26. The van der Waals surface area contributed by atoms with Crippen molar-refractivity contribution >= 4 is 85.1 Å². The van der Waals surface area contributed by atoms with Crippen LogP contribution in [0.1, 0.15) is 37.6 Å². The van der Waals surface area contributed by atoms with Crippen LogP contribution in [0.2, 0.25) is 0 Å². The monoisotopic (exact) mass is 841 g/mol. The van der Waals surface area contributed by atoms with Crippen LogP contribution in [0.25, 0.3) is 0 Å². The van der Waals surface area contributed by atoms with Gasteiger partial charge in [-0.05, 0) is 84.5 Å². The molecule has 18 heteroatoms. The van der Waals surface area contributed by atoms with Gasteiger partial charge in [0.25, 0.3) is 0 Å². The lowest BCUT2D eigenvalue weighted by Gasteiger charge is -2.31. The Kier molecular flexibility index (Phi) is 8.86. The second-order valence-electron chi connectivity index (χ2n) is 10.7.